The Morgan fingerprint density at radius 1 is 1.25 bits per heavy atom. The second-order valence-electron chi connectivity index (χ2n) is 4.94. The summed E-state index contributed by atoms with van der Waals surface area (Å²) in [6.45, 7) is 5.35. The number of amides is 1. The lowest BCUT2D eigenvalue weighted by atomic mass is 10.2. The number of nitrogens with zero attached hydrogens (tertiary/aromatic N) is 2. The Morgan fingerprint density at radius 2 is 1.85 bits per heavy atom. The van der Waals surface area contributed by atoms with Gasteiger partial charge in [-0.05, 0) is 28.1 Å². The Balaban J connectivity index is 2.05. The lowest BCUT2D eigenvalue weighted by molar-refractivity contribution is -0.135. The number of carbonyl (C=O) groups is 1. The Labute approximate surface area is 131 Å². The summed E-state index contributed by atoms with van der Waals surface area (Å²) in [5.41, 5.74) is 0. The number of thiophene rings is 1. The van der Waals surface area contributed by atoms with E-state index in [0.29, 0.717) is 30.4 Å². The van der Waals surface area contributed by atoms with Crippen molar-refractivity contribution in [2.75, 3.05) is 26.2 Å². The zero-order valence-electron chi connectivity index (χ0n) is 11.4. The van der Waals surface area contributed by atoms with E-state index >= 15 is 0 Å². The minimum Gasteiger partial charge on any atom is -0.340 e. The van der Waals surface area contributed by atoms with Gasteiger partial charge in [-0.15, -0.1) is 11.3 Å². The van der Waals surface area contributed by atoms with E-state index in [4.69, 9.17) is 0 Å². The van der Waals surface area contributed by atoms with Gasteiger partial charge in [0.1, 0.15) is 4.21 Å². The largest absolute Gasteiger partial charge is 0.340 e. The van der Waals surface area contributed by atoms with E-state index in [0.717, 1.165) is 3.79 Å². The van der Waals surface area contributed by atoms with Gasteiger partial charge in [-0.1, -0.05) is 13.8 Å². The molecule has 20 heavy (non-hydrogen) atoms. The van der Waals surface area contributed by atoms with Crippen molar-refractivity contribution in [2.24, 2.45) is 5.92 Å². The van der Waals surface area contributed by atoms with Gasteiger partial charge in [0.05, 0.1) is 3.79 Å². The second-order valence-corrected chi connectivity index (χ2v) is 9.57. The summed E-state index contributed by atoms with van der Waals surface area (Å²) in [6.07, 6.45) is 0. The molecule has 5 nitrogen and oxygen atoms in total. The summed E-state index contributed by atoms with van der Waals surface area (Å²) in [5.74, 6) is 0.0346. The molecule has 0 N–H and O–H groups in total. The maximum atomic E-state index is 12.4. The first kappa shape index (κ1) is 15.9. The van der Waals surface area contributed by atoms with Gasteiger partial charge in [-0.3, -0.25) is 4.79 Å². The summed E-state index contributed by atoms with van der Waals surface area (Å²) in [4.78, 5) is 13.6. The molecule has 0 bridgehead atoms. The fourth-order valence-corrected chi connectivity index (χ4v) is 5.66. The molecule has 1 aliphatic rings. The van der Waals surface area contributed by atoms with Crippen molar-refractivity contribution in [3.05, 3.63) is 15.9 Å². The molecule has 112 valence electrons. The van der Waals surface area contributed by atoms with Gasteiger partial charge in [0.15, 0.2) is 0 Å². The van der Waals surface area contributed by atoms with Crippen LogP contribution in [0.1, 0.15) is 13.8 Å². The smallest absolute Gasteiger partial charge is 0.252 e. The second kappa shape index (κ2) is 6.13. The number of halogens is 1. The van der Waals surface area contributed by atoms with Crippen LogP contribution in [0.5, 0.6) is 0 Å². The SMILES string of the molecule is CC(C)C(=O)N1CCN(S(=O)(=O)c2ccc(Br)s2)CC1. The number of carbonyl (C=O) groups excluding carboxylic acids is 1. The molecule has 1 fully saturated rings. The molecule has 0 aromatic carbocycles. The predicted molar refractivity (Wildman–Crippen MR) is 82.2 cm³/mol. The monoisotopic (exact) mass is 380 g/mol. The van der Waals surface area contributed by atoms with Crippen LogP contribution < -0.4 is 0 Å². The van der Waals surface area contributed by atoms with Gasteiger partial charge >= 0.3 is 0 Å². The summed E-state index contributed by atoms with van der Waals surface area (Å²) in [5, 5.41) is 0. The van der Waals surface area contributed by atoms with Gasteiger partial charge < -0.3 is 4.90 Å². The zero-order valence-corrected chi connectivity index (χ0v) is 14.6. The fourth-order valence-electron chi connectivity index (χ4n) is 2.08. The van der Waals surface area contributed by atoms with Crippen molar-refractivity contribution in [3.8, 4) is 0 Å². The third-order valence-electron chi connectivity index (χ3n) is 3.19. The van der Waals surface area contributed by atoms with Crippen LogP contribution in [0.15, 0.2) is 20.1 Å². The first-order valence-corrected chi connectivity index (χ1v) is 9.41. The molecule has 0 saturated carbocycles. The lowest BCUT2D eigenvalue weighted by Gasteiger charge is -2.34. The first-order chi connectivity index (χ1) is 9.32. The topological polar surface area (TPSA) is 57.7 Å². The van der Waals surface area contributed by atoms with Crippen LogP contribution in [0.25, 0.3) is 0 Å². The highest BCUT2D eigenvalue weighted by Gasteiger charge is 2.31. The highest BCUT2D eigenvalue weighted by Crippen LogP contribution is 2.29. The van der Waals surface area contributed by atoms with Crippen LogP contribution in [0, 0.1) is 5.92 Å². The van der Waals surface area contributed by atoms with Crippen LogP contribution in [0.2, 0.25) is 0 Å². The molecule has 1 aromatic rings. The molecule has 1 aromatic heterocycles. The molecular formula is C12H17BrN2O3S2. The van der Waals surface area contributed by atoms with Crippen molar-refractivity contribution >= 4 is 43.2 Å². The summed E-state index contributed by atoms with van der Waals surface area (Å²) >= 11 is 4.48. The van der Waals surface area contributed by atoms with Crippen LogP contribution in [-0.2, 0) is 14.8 Å². The van der Waals surface area contributed by atoms with E-state index in [2.05, 4.69) is 15.9 Å². The third kappa shape index (κ3) is 3.24. The van der Waals surface area contributed by atoms with Crippen LogP contribution >= 0.6 is 27.3 Å². The molecular weight excluding hydrogens is 364 g/mol. The van der Waals surface area contributed by atoms with Crippen molar-refractivity contribution in [1.82, 2.24) is 9.21 Å². The Bertz CT molecular complexity index is 590. The Morgan fingerprint density at radius 3 is 2.30 bits per heavy atom. The number of hydrogen-bond donors (Lipinski definition) is 0. The minimum absolute atomic E-state index is 0.0496. The van der Waals surface area contributed by atoms with Crippen LogP contribution in [-0.4, -0.2) is 49.7 Å². The summed E-state index contributed by atoms with van der Waals surface area (Å²) in [7, 11) is -3.43. The third-order valence-corrected chi connectivity index (χ3v) is 7.18. The maximum Gasteiger partial charge on any atom is 0.252 e. The van der Waals surface area contributed by atoms with Crippen LogP contribution in [0.3, 0.4) is 0 Å². The van der Waals surface area contributed by atoms with E-state index in [1.165, 1.54) is 15.6 Å². The molecule has 1 saturated heterocycles. The van der Waals surface area contributed by atoms with E-state index in [-0.39, 0.29) is 11.8 Å². The van der Waals surface area contributed by atoms with Gasteiger partial charge in [0.25, 0.3) is 10.0 Å². The number of hydrogen-bond acceptors (Lipinski definition) is 4. The molecule has 1 aliphatic heterocycles. The first-order valence-electron chi connectivity index (χ1n) is 6.36. The van der Waals surface area contributed by atoms with Gasteiger partial charge in [0.2, 0.25) is 5.91 Å². The highest BCUT2D eigenvalue weighted by molar-refractivity contribution is 9.11. The minimum atomic E-state index is -3.43. The molecule has 0 unspecified atom stereocenters. The van der Waals surface area contributed by atoms with Gasteiger partial charge in [0, 0.05) is 32.1 Å². The average molecular weight is 381 g/mol. The predicted octanol–water partition coefficient (Wildman–Crippen LogP) is 2.00. The molecule has 0 radical (unpaired) electrons. The van der Waals surface area contributed by atoms with Crippen molar-refractivity contribution in [1.29, 1.82) is 0 Å². The van der Waals surface area contributed by atoms with Crippen molar-refractivity contribution in [2.45, 2.75) is 18.1 Å². The number of sulfonamides is 1. The van der Waals surface area contributed by atoms with E-state index in [1.807, 2.05) is 13.8 Å². The highest BCUT2D eigenvalue weighted by atomic mass is 79.9. The number of piperazine rings is 1. The van der Waals surface area contributed by atoms with Crippen LogP contribution in [0.4, 0.5) is 0 Å². The quantitative estimate of drug-likeness (QED) is 0.805. The van der Waals surface area contributed by atoms with Crippen molar-refractivity contribution < 1.29 is 13.2 Å². The van der Waals surface area contributed by atoms with Crippen molar-refractivity contribution in [3.63, 3.8) is 0 Å². The standard InChI is InChI=1S/C12H17BrN2O3S2/c1-9(2)12(16)14-5-7-15(8-6-14)20(17,18)11-4-3-10(13)19-11/h3-4,9H,5-8H2,1-2H3. The molecule has 8 heteroatoms. The fraction of sp³-hybridized carbons (Fsp3) is 0.583. The Hall–Kier alpha value is -0.440. The average Bonchev–Trinajstić information content (AvgIpc) is 2.85. The normalized spacial score (nSPS) is 17.7. The maximum absolute atomic E-state index is 12.4. The van der Waals surface area contributed by atoms with Gasteiger partial charge in [-0.25, -0.2) is 8.42 Å². The molecule has 2 heterocycles. The Kier molecular flexibility index (Phi) is 4.88. The van der Waals surface area contributed by atoms with Gasteiger partial charge in [-0.2, -0.15) is 4.31 Å². The molecule has 0 aliphatic carbocycles. The summed E-state index contributed by atoms with van der Waals surface area (Å²) < 4.78 is 27.4. The molecule has 2 rings (SSSR count). The van der Waals surface area contributed by atoms with E-state index in [9.17, 15) is 13.2 Å². The molecule has 1 amide bonds. The van der Waals surface area contributed by atoms with E-state index in [1.54, 1.807) is 17.0 Å². The number of rotatable bonds is 3. The molecule has 0 spiro atoms. The zero-order chi connectivity index (χ0) is 14.9. The van der Waals surface area contributed by atoms with E-state index < -0.39 is 10.0 Å². The summed E-state index contributed by atoms with van der Waals surface area (Å²) in [6, 6.07) is 3.34. The lowest BCUT2D eigenvalue weighted by Crippen LogP contribution is -2.51. The molecule has 0 atom stereocenters.